The predicted octanol–water partition coefficient (Wildman–Crippen LogP) is 8.74. The van der Waals surface area contributed by atoms with Crippen LogP contribution in [0.4, 0.5) is 0 Å². The Morgan fingerprint density at radius 2 is 1.79 bits per heavy atom. The number of fused-ring (bicyclic) bond motifs is 4. The number of esters is 1. The van der Waals surface area contributed by atoms with Gasteiger partial charge in [-0.2, -0.15) is 0 Å². The van der Waals surface area contributed by atoms with Gasteiger partial charge in [0.2, 0.25) is 0 Å². The molecule has 0 saturated heterocycles. The number of hydrogen-bond acceptors (Lipinski definition) is 2. The van der Waals surface area contributed by atoms with Crippen LogP contribution in [0.25, 0.3) is 0 Å². The molecule has 0 radical (unpaired) electrons. The van der Waals surface area contributed by atoms with Gasteiger partial charge in [0, 0.05) is 6.92 Å². The van der Waals surface area contributed by atoms with Crippen molar-refractivity contribution in [2.45, 2.75) is 132 Å². The molecular weight excluding hydrogens is 404 g/mol. The van der Waals surface area contributed by atoms with E-state index in [1.165, 1.54) is 64.2 Å². The van der Waals surface area contributed by atoms with Crippen molar-refractivity contribution < 1.29 is 9.53 Å². The summed E-state index contributed by atoms with van der Waals surface area (Å²) in [6.45, 7) is 16.6. The molecule has 0 aromatic rings. The average Bonchev–Trinajstić information content (AvgIpc) is 3.11. The second kappa shape index (κ2) is 9.69. The standard InChI is InChI=1S/C31H52O2/c1-8-23(20(2)3)10-9-21(4)27-13-14-28-26-12-11-24-19-25(33-22(5)32)15-17-30(24,6)29(26)16-18-31(27,28)7/h20-21,23-25,27,29H,8-19H2,1-7H3. The zero-order valence-electron chi connectivity index (χ0n) is 22.8. The summed E-state index contributed by atoms with van der Waals surface area (Å²) in [5.74, 6) is 4.87. The summed E-state index contributed by atoms with van der Waals surface area (Å²) in [6.07, 6.45) is 16.0. The zero-order chi connectivity index (χ0) is 24.0. The van der Waals surface area contributed by atoms with E-state index in [1.807, 2.05) is 11.1 Å². The van der Waals surface area contributed by atoms with Crippen LogP contribution in [0.3, 0.4) is 0 Å². The van der Waals surface area contributed by atoms with Crippen molar-refractivity contribution in [2.75, 3.05) is 0 Å². The molecule has 0 spiro atoms. The van der Waals surface area contributed by atoms with Gasteiger partial charge < -0.3 is 4.74 Å². The van der Waals surface area contributed by atoms with Crippen molar-refractivity contribution in [1.82, 2.24) is 0 Å². The van der Waals surface area contributed by atoms with Crippen LogP contribution in [0.1, 0.15) is 126 Å². The quantitative estimate of drug-likeness (QED) is 0.283. The number of hydrogen-bond donors (Lipinski definition) is 0. The van der Waals surface area contributed by atoms with E-state index in [0.717, 1.165) is 48.3 Å². The van der Waals surface area contributed by atoms with Crippen LogP contribution < -0.4 is 0 Å². The van der Waals surface area contributed by atoms with Gasteiger partial charge in [-0.15, -0.1) is 0 Å². The van der Waals surface area contributed by atoms with Gasteiger partial charge in [0.15, 0.2) is 0 Å². The van der Waals surface area contributed by atoms with E-state index >= 15 is 0 Å². The summed E-state index contributed by atoms with van der Waals surface area (Å²) in [5, 5.41) is 0. The molecule has 8 atom stereocenters. The minimum absolute atomic E-state index is 0.0968. The fraction of sp³-hybridized carbons (Fsp3) is 0.903. The molecule has 0 heterocycles. The monoisotopic (exact) mass is 456 g/mol. The molecule has 0 bridgehead atoms. The highest BCUT2D eigenvalue weighted by atomic mass is 16.5. The molecule has 8 unspecified atom stereocenters. The molecule has 3 fully saturated rings. The van der Waals surface area contributed by atoms with Crippen LogP contribution in [0.2, 0.25) is 0 Å². The second-order valence-electron chi connectivity index (χ2n) is 13.4. The molecule has 188 valence electrons. The first-order valence-corrected chi connectivity index (χ1v) is 14.5. The minimum atomic E-state index is -0.0968. The molecular formula is C31H52O2. The molecule has 0 aliphatic heterocycles. The highest BCUT2D eigenvalue weighted by Crippen LogP contribution is 2.66. The van der Waals surface area contributed by atoms with Crippen LogP contribution in [-0.4, -0.2) is 12.1 Å². The van der Waals surface area contributed by atoms with E-state index in [1.54, 1.807) is 6.92 Å². The Hall–Kier alpha value is -0.790. The van der Waals surface area contributed by atoms with Crippen LogP contribution in [0.15, 0.2) is 11.1 Å². The smallest absolute Gasteiger partial charge is 0.302 e. The van der Waals surface area contributed by atoms with Crippen LogP contribution in [0, 0.1) is 46.3 Å². The highest BCUT2D eigenvalue weighted by Gasteiger charge is 2.55. The molecule has 3 saturated carbocycles. The fourth-order valence-corrected chi connectivity index (χ4v) is 9.43. The van der Waals surface area contributed by atoms with E-state index in [-0.39, 0.29) is 12.1 Å². The molecule has 4 rings (SSSR count). The Morgan fingerprint density at radius 3 is 2.45 bits per heavy atom. The molecule has 4 aliphatic rings. The Bertz CT molecular complexity index is 750. The van der Waals surface area contributed by atoms with Crippen LogP contribution in [0.5, 0.6) is 0 Å². The largest absolute Gasteiger partial charge is 0.463 e. The van der Waals surface area contributed by atoms with Crippen molar-refractivity contribution in [3.8, 4) is 0 Å². The lowest BCUT2D eigenvalue weighted by atomic mass is 9.48. The topological polar surface area (TPSA) is 26.3 Å². The first-order valence-electron chi connectivity index (χ1n) is 14.5. The molecule has 2 nitrogen and oxygen atoms in total. The lowest BCUT2D eigenvalue weighted by Crippen LogP contribution is -2.48. The highest BCUT2D eigenvalue weighted by molar-refractivity contribution is 5.66. The van der Waals surface area contributed by atoms with E-state index in [4.69, 9.17) is 4.74 Å². The lowest BCUT2D eigenvalue weighted by Gasteiger charge is -2.57. The number of allylic oxidation sites excluding steroid dienone is 2. The second-order valence-corrected chi connectivity index (χ2v) is 13.4. The summed E-state index contributed by atoms with van der Waals surface area (Å²) in [7, 11) is 0. The third-order valence-corrected chi connectivity index (χ3v) is 11.5. The summed E-state index contributed by atoms with van der Waals surface area (Å²) < 4.78 is 5.66. The van der Waals surface area contributed by atoms with Gasteiger partial charge in [-0.1, -0.05) is 65.5 Å². The van der Waals surface area contributed by atoms with Crippen molar-refractivity contribution in [2.24, 2.45) is 46.3 Å². The third kappa shape index (κ3) is 4.58. The van der Waals surface area contributed by atoms with E-state index in [9.17, 15) is 4.79 Å². The Kier molecular flexibility index (Phi) is 7.43. The number of rotatable bonds is 7. The Labute approximate surface area is 204 Å². The summed E-state index contributed by atoms with van der Waals surface area (Å²) in [4.78, 5) is 11.5. The molecule has 33 heavy (non-hydrogen) atoms. The average molecular weight is 457 g/mol. The molecule has 2 heteroatoms. The molecule has 4 aliphatic carbocycles. The third-order valence-electron chi connectivity index (χ3n) is 11.5. The first kappa shape index (κ1) is 25.3. The fourth-order valence-electron chi connectivity index (χ4n) is 9.43. The number of ether oxygens (including phenoxy) is 1. The normalized spacial score (nSPS) is 40.1. The Balaban J connectivity index is 1.49. The van der Waals surface area contributed by atoms with E-state index in [0.29, 0.717) is 10.8 Å². The number of carbonyl (C=O) groups excluding carboxylic acids is 1. The van der Waals surface area contributed by atoms with Gasteiger partial charge in [-0.3, -0.25) is 4.79 Å². The first-order chi connectivity index (χ1) is 15.6. The minimum Gasteiger partial charge on any atom is -0.463 e. The molecule has 0 aromatic heterocycles. The maximum atomic E-state index is 11.5. The van der Waals surface area contributed by atoms with Crippen molar-refractivity contribution in [3.63, 3.8) is 0 Å². The maximum absolute atomic E-state index is 11.5. The van der Waals surface area contributed by atoms with E-state index in [2.05, 4.69) is 41.5 Å². The molecule has 0 N–H and O–H groups in total. The van der Waals surface area contributed by atoms with Gasteiger partial charge in [0.1, 0.15) is 6.10 Å². The Morgan fingerprint density at radius 1 is 1.03 bits per heavy atom. The SMILES string of the molecule is CCC(CCC(C)C1CCC2=C3CCC4CC(OC(C)=O)CCC4(C)C3CCC21C)C(C)C. The molecule has 0 amide bonds. The van der Waals surface area contributed by atoms with Crippen molar-refractivity contribution in [1.29, 1.82) is 0 Å². The van der Waals surface area contributed by atoms with Crippen molar-refractivity contribution >= 4 is 5.97 Å². The van der Waals surface area contributed by atoms with Gasteiger partial charge in [0.05, 0.1) is 0 Å². The summed E-state index contributed by atoms with van der Waals surface area (Å²) in [6, 6.07) is 0. The van der Waals surface area contributed by atoms with Gasteiger partial charge >= 0.3 is 5.97 Å². The van der Waals surface area contributed by atoms with Crippen LogP contribution >= 0.6 is 0 Å². The van der Waals surface area contributed by atoms with Gasteiger partial charge in [-0.05, 0) is 111 Å². The van der Waals surface area contributed by atoms with Crippen molar-refractivity contribution in [3.05, 3.63) is 11.1 Å². The maximum Gasteiger partial charge on any atom is 0.302 e. The summed E-state index contributed by atoms with van der Waals surface area (Å²) >= 11 is 0. The molecule has 0 aromatic carbocycles. The zero-order valence-corrected chi connectivity index (χ0v) is 22.8. The summed E-state index contributed by atoms with van der Waals surface area (Å²) in [5.41, 5.74) is 4.70. The lowest BCUT2D eigenvalue weighted by molar-refractivity contribution is -0.152. The van der Waals surface area contributed by atoms with Crippen LogP contribution in [-0.2, 0) is 9.53 Å². The number of carbonyl (C=O) groups is 1. The van der Waals surface area contributed by atoms with E-state index < -0.39 is 0 Å². The van der Waals surface area contributed by atoms with Gasteiger partial charge in [-0.25, -0.2) is 0 Å². The predicted molar refractivity (Wildman–Crippen MR) is 138 cm³/mol. The van der Waals surface area contributed by atoms with Gasteiger partial charge in [0.25, 0.3) is 0 Å².